The molecule has 0 atom stereocenters. The summed E-state index contributed by atoms with van der Waals surface area (Å²) in [5, 5.41) is 0. The van der Waals surface area contributed by atoms with Crippen LogP contribution in [0.4, 0.5) is 5.69 Å². The third-order valence-electron chi connectivity index (χ3n) is 3.62. The Balaban J connectivity index is 1.62. The van der Waals surface area contributed by atoms with E-state index in [0.717, 1.165) is 11.1 Å². The van der Waals surface area contributed by atoms with E-state index in [-0.39, 0.29) is 17.8 Å². The molecule has 25 heavy (non-hydrogen) atoms. The smallest absolute Gasteiger partial charge is 0.227 e. The normalized spacial score (nSPS) is 10.4. The van der Waals surface area contributed by atoms with Gasteiger partial charge in [-0.15, -0.1) is 0 Å². The van der Waals surface area contributed by atoms with E-state index in [9.17, 15) is 4.79 Å². The van der Waals surface area contributed by atoms with Crippen LogP contribution in [0, 0.1) is 6.92 Å². The van der Waals surface area contributed by atoms with Crippen LogP contribution in [0.25, 0.3) is 0 Å². The summed E-state index contributed by atoms with van der Waals surface area (Å²) in [6.07, 6.45) is 1.31. The molecule has 2 aromatic carbocycles. The molecule has 1 aromatic heterocycles. The number of nitrogen functional groups attached to an aromatic ring is 1. The summed E-state index contributed by atoms with van der Waals surface area (Å²) in [7, 11) is 0. The minimum absolute atomic E-state index is 0.113. The van der Waals surface area contributed by atoms with Crippen molar-refractivity contribution >= 4 is 5.69 Å². The zero-order valence-electron chi connectivity index (χ0n) is 13.9. The minimum Gasteiger partial charge on any atom is -0.483 e. The topological polar surface area (TPSA) is 74.7 Å². The van der Waals surface area contributed by atoms with E-state index in [2.05, 4.69) is 0 Å². The molecular weight excluding hydrogens is 318 g/mol. The zero-order valence-corrected chi connectivity index (χ0v) is 13.9. The first-order chi connectivity index (χ1) is 12.1. The van der Waals surface area contributed by atoms with Crippen LogP contribution in [0.1, 0.15) is 16.9 Å². The van der Waals surface area contributed by atoms with Gasteiger partial charge in [-0.1, -0.05) is 36.4 Å². The van der Waals surface area contributed by atoms with Gasteiger partial charge in [0, 0.05) is 6.07 Å². The first-order valence-corrected chi connectivity index (χ1v) is 7.89. The van der Waals surface area contributed by atoms with Gasteiger partial charge in [0.2, 0.25) is 11.2 Å². The van der Waals surface area contributed by atoms with E-state index in [0.29, 0.717) is 23.8 Å². The molecule has 3 rings (SSSR count). The maximum atomic E-state index is 12.1. The second-order valence-corrected chi connectivity index (χ2v) is 5.68. The fourth-order valence-corrected chi connectivity index (χ4v) is 2.30. The second kappa shape index (κ2) is 7.57. The van der Waals surface area contributed by atoms with Crippen molar-refractivity contribution < 1.29 is 13.9 Å². The van der Waals surface area contributed by atoms with Crippen LogP contribution in [-0.4, -0.2) is 0 Å². The summed E-state index contributed by atoms with van der Waals surface area (Å²) in [6, 6.07) is 16.5. The quantitative estimate of drug-likeness (QED) is 0.694. The lowest BCUT2D eigenvalue weighted by molar-refractivity contribution is 0.255. The highest BCUT2D eigenvalue weighted by molar-refractivity contribution is 5.54. The highest BCUT2D eigenvalue weighted by atomic mass is 16.5. The first-order valence-electron chi connectivity index (χ1n) is 7.89. The number of rotatable bonds is 6. The molecule has 0 radical (unpaired) electrons. The van der Waals surface area contributed by atoms with Gasteiger partial charge in [-0.3, -0.25) is 4.79 Å². The van der Waals surface area contributed by atoms with Crippen molar-refractivity contribution in [2.45, 2.75) is 20.1 Å². The number of nitrogens with two attached hydrogens (primary N) is 1. The molecule has 3 aromatic rings. The Kier molecular flexibility index (Phi) is 5.04. The summed E-state index contributed by atoms with van der Waals surface area (Å²) in [5.41, 5.74) is 8.22. The molecular formula is C20H19NO4. The van der Waals surface area contributed by atoms with Crippen LogP contribution in [0.5, 0.6) is 11.5 Å². The Labute approximate surface area is 145 Å². The van der Waals surface area contributed by atoms with Gasteiger partial charge in [0.05, 0.1) is 5.69 Å². The van der Waals surface area contributed by atoms with Crippen LogP contribution in [0.3, 0.4) is 0 Å². The third kappa shape index (κ3) is 4.41. The zero-order chi connectivity index (χ0) is 17.6. The van der Waals surface area contributed by atoms with Gasteiger partial charge >= 0.3 is 0 Å². The van der Waals surface area contributed by atoms with E-state index in [1.165, 1.54) is 12.3 Å². The molecule has 128 valence electrons. The van der Waals surface area contributed by atoms with Gasteiger partial charge in [-0.25, -0.2) is 0 Å². The standard InChI is InChI=1S/C20H19NO4/c1-14-7-8-19(17(21)9-14)25-12-16-10-18(22)20(13-23-16)24-11-15-5-3-2-4-6-15/h2-10,13H,11-12,21H2,1H3. The van der Waals surface area contributed by atoms with E-state index in [1.54, 1.807) is 6.07 Å². The molecule has 0 fully saturated rings. The molecule has 1 heterocycles. The number of ether oxygens (including phenoxy) is 2. The number of benzene rings is 2. The molecule has 0 aliphatic rings. The molecule has 0 spiro atoms. The average molecular weight is 337 g/mol. The van der Waals surface area contributed by atoms with Crippen LogP contribution in [0.15, 0.2) is 70.1 Å². The molecule has 0 aliphatic carbocycles. The van der Waals surface area contributed by atoms with Gasteiger partial charge in [0.25, 0.3) is 0 Å². The lowest BCUT2D eigenvalue weighted by atomic mass is 10.2. The van der Waals surface area contributed by atoms with E-state index < -0.39 is 0 Å². The van der Waals surface area contributed by atoms with Gasteiger partial charge in [-0.2, -0.15) is 0 Å². The van der Waals surface area contributed by atoms with E-state index in [1.807, 2.05) is 49.4 Å². The second-order valence-electron chi connectivity index (χ2n) is 5.68. The largest absolute Gasteiger partial charge is 0.483 e. The van der Waals surface area contributed by atoms with Crippen LogP contribution >= 0.6 is 0 Å². The molecule has 0 unspecified atom stereocenters. The fourth-order valence-electron chi connectivity index (χ4n) is 2.30. The van der Waals surface area contributed by atoms with Crippen LogP contribution < -0.4 is 20.6 Å². The number of hydrogen-bond acceptors (Lipinski definition) is 5. The third-order valence-corrected chi connectivity index (χ3v) is 3.62. The molecule has 0 bridgehead atoms. The summed E-state index contributed by atoms with van der Waals surface area (Å²) in [4.78, 5) is 12.1. The number of aryl methyl sites for hydroxylation is 1. The van der Waals surface area contributed by atoms with Crippen LogP contribution in [-0.2, 0) is 13.2 Å². The molecule has 5 nitrogen and oxygen atoms in total. The first kappa shape index (κ1) is 16.6. The maximum absolute atomic E-state index is 12.1. The monoisotopic (exact) mass is 337 g/mol. The van der Waals surface area contributed by atoms with Gasteiger partial charge in [0.1, 0.15) is 31.0 Å². The summed E-state index contributed by atoms with van der Waals surface area (Å²) >= 11 is 0. The Morgan fingerprint density at radius 3 is 2.44 bits per heavy atom. The van der Waals surface area contributed by atoms with Crippen molar-refractivity contribution in [3.8, 4) is 11.5 Å². The van der Waals surface area contributed by atoms with Crippen molar-refractivity contribution in [3.63, 3.8) is 0 Å². The predicted molar refractivity (Wildman–Crippen MR) is 95.7 cm³/mol. The minimum atomic E-state index is -0.252. The lowest BCUT2D eigenvalue weighted by Crippen LogP contribution is -2.09. The summed E-state index contributed by atoms with van der Waals surface area (Å²) in [6.45, 7) is 2.37. The van der Waals surface area contributed by atoms with Crippen molar-refractivity contribution in [1.82, 2.24) is 0 Å². The summed E-state index contributed by atoms with van der Waals surface area (Å²) < 4.78 is 16.5. The average Bonchev–Trinajstić information content (AvgIpc) is 2.61. The Hall–Kier alpha value is -3.21. The van der Waals surface area contributed by atoms with Crippen molar-refractivity contribution in [2.24, 2.45) is 0 Å². The lowest BCUT2D eigenvalue weighted by Gasteiger charge is -2.09. The molecule has 2 N–H and O–H groups in total. The van der Waals surface area contributed by atoms with Crippen molar-refractivity contribution in [3.05, 3.63) is 88.0 Å². The van der Waals surface area contributed by atoms with Crippen molar-refractivity contribution in [1.29, 1.82) is 0 Å². The van der Waals surface area contributed by atoms with E-state index in [4.69, 9.17) is 19.6 Å². The molecule has 0 saturated heterocycles. The molecule has 0 amide bonds. The van der Waals surface area contributed by atoms with Gasteiger partial charge in [0.15, 0.2) is 0 Å². The molecule has 0 saturated carbocycles. The molecule has 0 aliphatic heterocycles. The van der Waals surface area contributed by atoms with Crippen molar-refractivity contribution in [2.75, 3.05) is 5.73 Å². The van der Waals surface area contributed by atoms with Gasteiger partial charge < -0.3 is 19.6 Å². The highest BCUT2D eigenvalue weighted by Gasteiger charge is 2.07. The van der Waals surface area contributed by atoms with Crippen LogP contribution in [0.2, 0.25) is 0 Å². The Morgan fingerprint density at radius 1 is 0.960 bits per heavy atom. The SMILES string of the molecule is Cc1ccc(OCc2cc(=O)c(OCc3ccccc3)co2)c(N)c1. The molecule has 5 heteroatoms. The maximum Gasteiger partial charge on any atom is 0.227 e. The van der Waals surface area contributed by atoms with Gasteiger partial charge in [-0.05, 0) is 30.2 Å². The van der Waals surface area contributed by atoms with E-state index >= 15 is 0 Å². The Bertz CT molecular complexity index is 903. The summed E-state index contributed by atoms with van der Waals surface area (Å²) in [5.74, 6) is 1.12. The fraction of sp³-hybridized carbons (Fsp3) is 0.150. The number of anilines is 1. The number of hydrogen-bond donors (Lipinski definition) is 1. The highest BCUT2D eigenvalue weighted by Crippen LogP contribution is 2.23. The predicted octanol–water partition coefficient (Wildman–Crippen LogP) is 3.69. The Morgan fingerprint density at radius 2 is 1.72 bits per heavy atom.